The number of nitrogens with one attached hydrogen (secondary N) is 1. The number of hydrogen-bond donors (Lipinski definition) is 1. The third-order valence-corrected chi connectivity index (χ3v) is 3.07. The molecule has 0 spiro atoms. The van der Waals surface area contributed by atoms with Crippen molar-refractivity contribution in [3.8, 4) is 0 Å². The second-order valence-corrected chi connectivity index (χ2v) is 5.28. The topological polar surface area (TPSA) is 62.3 Å². The van der Waals surface area contributed by atoms with Crippen LogP contribution in [0.2, 0.25) is 5.15 Å². The molecule has 0 aliphatic heterocycles. The zero-order chi connectivity index (χ0) is 14.4. The summed E-state index contributed by atoms with van der Waals surface area (Å²) in [4.78, 5) is 28.9. The van der Waals surface area contributed by atoms with Crippen LogP contribution in [0.1, 0.15) is 23.7 Å². The van der Waals surface area contributed by atoms with Crippen molar-refractivity contribution in [1.29, 1.82) is 0 Å². The molecule has 0 saturated carbocycles. The molecule has 0 aromatic carbocycles. The average Bonchev–Trinajstić information content (AvgIpc) is 2.38. The summed E-state index contributed by atoms with van der Waals surface area (Å²) < 4.78 is 0.657. The van der Waals surface area contributed by atoms with Crippen LogP contribution in [0.3, 0.4) is 0 Å². The highest BCUT2D eigenvalue weighted by Crippen LogP contribution is 2.19. The monoisotopic (exact) mass is 347 g/mol. The highest BCUT2D eigenvalue weighted by atomic mass is 79.9. The number of carbonyl (C=O) groups is 2. The second kappa shape index (κ2) is 7.45. The van der Waals surface area contributed by atoms with Gasteiger partial charge in [-0.1, -0.05) is 18.5 Å². The molecule has 2 amide bonds. The SMILES string of the molecule is CCCNC(=O)CN(C)C(=O)c1cc(Br)cnc1Cl. The van der Waals surface area contributed by atoms with Crippen molar-refractivity contribution in [3.63, 3.8) is 0 Å². The van der Waals surface area contributed by atoms with Crippen LogP contribution in [0.5, 0.6) is 0 Å². The Morgan fingerprint density at radius 2 is 2.21 bits per heavy atom. The standard InChI is InChI=1S/C12H15BrClN3O2/c1-3-4-15-10(18)7-17(2)12(19)9-5-8(13)6-16-11(9)14/h5-6H,3-4,7H2,1-2H3,(H,15,18). The maximum absolute atomic E-state index is 12.1. The van der Waals surface area contributed by atoms with Crippen molar-refractivity contribution in [3.05, 3.63) is 27.5 Å². The van der Waals surface area contributed by atoms with Gasteiger partial charge in [-0.05, 0) is 28.4 Å². The molecule has 5 nitrogen and oxygen atoms in total. The van der Waals surface area contributed by atoms with Gasteiger partial charge in [-0.2, -0.15) is 0 Å². The van der Waals surface area contributed by atoms with Crippen molar-refractivity contribution in [2.75, 3.05) is 20.1 Å². The lowest BCUT2D eigenvalue weighted by Gasteiger charge is -2.17. The van der Waals surface area contributed by atoms with E-state index < -0.39 is 0 Å². The quantitative estimate of drug-likeness (QED) is 0.829. The number of amides is 2. The molecule has 1 N–H and O–H groups in total. The number of aromatic nitrogens is 1. The van der Waals surface area contributed by atoms with E-state index in [-0.39, 0.29) is 29.1 Å². The third-order valence-electron chi connectivity index (χ3n) is 2.34. The first-order chi connectivity index (χ1) is 8.95. The van der Waals surface area contributed by atoms with Crippen LogP contribution >= 0.6 is 27.5 Å². The minimum Gasteiger partial charge on any atom is -0.355 e. The fourth-order valence-electron chi connectivity index (χ4n) is 1.39. The zero-order valence-corrected chi connectivity index (χ0v) is 13.1. The first-order valence-corrected chi connectivity index (χ1v) is 6.96. The van der Waals surface area contributed by atoms with Gasteiger partial charge >= 0.3 is 0 Å². The summed E-state index contributed by atoms with van der Waals surface area (Å²) >= 11 is 9.10. The van der Waals surface area contributed by atoms with E-state index in [1.165, 1.54) is 11.1 Å². The number of rotatable bonds is 5. The lowest BCUT2D eigenvalue weighted by atomic mass is 10.2. The summed E-state index contributed by atoms with van der Waals surface area (Å²) in [5, 5.41) is 2.82. The molecule has 0 unspecified atom stereocenters. The highest BCUT2D eigenvalue weighted by molar-refractivity contribution is 9.10. The van der Waals surface area contributed by atoms with Crippen LogP contribution in [0.4, 0.5) is 0 Å². The fourth-order valence-corrected chi connectivity index (χ4v) is 1.90. The van der Waals surface area contributed by atoms with Gasteiger partial charge in [0, 0.05) is 24.3 Å². The van der Waals surface area contributed by atoms with Crippen LogP contribution in [-0.2, 0) is 4.79 Å². The Morgan fingerprint density at radius 1 is 1.53 bits per heavy atom. The first kappa shape index (κ1) is 15.9. The molecule has 0 saturated heterocycles. The molecule has 1 aromatic heterocycles. The minimum absolute atomic E-state index is 0.0122. The van der Waals surface area contributed by atoms with E-state index >= 15 is 0 Å². The number of hydrogen-bond acceptors (Lipinski definition) is 3. The van der Waals surface area contributed by atoms with Crippen molar-refractivity contribution in [2.45, 2.75) is 13.3 Å². The Balaban J connectivity index is 2.71. The van der Waals surface area contributed by atoms with Gasteiger partial charge in [0.05, 0.1) is 12.1 Å². The zero-order valence-electron chi connectivity index (χ0n) is 10.7. The maximum Gasteiger partial charge on any atom is 0.257 e. The highest BCUT2D eigenvalue weighted by Gasteiger charge is 2.18. The number of nitrogens with zero attached hydrogens (tertiary/aromatic N) is 2. The van der Waals surface area contributed by atoms with E-state index in [9.17, 15) is 9.59 Å². The number of pyridine rings is 1. The number of halogens is 2. The maximum atomic E-state index is 12.1. The van der Waals surface area contributed by atoms with Crippen LogP contribution in [-0.4, -0.2) is 41.8 Å². The summed E-state index contributed by atoms with van der Waals surface area (Å²) in [6.07, 6.45) is 2.36. The fraction of sp³-hybridized carbons (Fsp3) is 0.417. The first-order valence-electron chi connectivity index (χ1n) is 5.79. The third kappa shape index (κ3) is 4.80. The summed E-state index contributed by atoms with van der Waals surface area (Å²) in [5.74, 6) is -0.540. The van der Waals surface area contributed by atoms with E-state index in [4.69, 9.17) is 11.6 Å². The van der Waals surface area contributed by atoms with E-state index in [0.717, 1.165) is 6.42 Å². The van der Waals surface area contributed by atoms with Gasteiger partial charge in [0.15, 0.2) is 0 Å². The largest absolute Gasteiger partial charge is 0.355 e. The smallest absolute Gasteiger partial charge is 0.257 e. The molecule has 0 aliphatic carbocycles. The molecular formula is C12H15BrClN3O2. The molecule has 0 atom stereocenters. The number of likely N-dealkylation sites (N-methyl/N-ethyl adjacent to an activating group) is 1. The molecule has 104 valence electrons. The van der Waals surface area contributed by atoms with Gasteiger partial charge in [-0.25, -0.2) is 4.98 Å². The summed E-state index contributed by atoms with van der Waals surface area (Å²) in [6.45, 7) is 2.55. The molecule has 1 aromatic rings. The Hall–Kier alpha value is -1.14. The van der Waals surface area contributed by atoms with Gasteiger partial charge in [-0.15, -0.1) is 0 Å². The van der Waals surface area contributed by atoms with Gasteiger partial charge in [0.2, 0.25) is 5.91 Å². The van der Waals surface area contributed by atoms with Crippen molar-refractivity contribution in [2.24, 2.45) is 0 Å². The molecule has 0 aliphatic rings. The van der Waals surface area contributed by atoms with Crippen molar-refractivity contribution >= 4 is 39.3 Å². The molecule has 1 heterocycles. The van der Waals surface area contributed by atoms with Crippen LogP contribution in [0.25, 0.3) is 0 Å². The number of carbonyl (C=O) groups excluding carboxylic acids is 2. The van der Waals surface area contributed by atoms with Gasteiger partial charge in [-0.3, -0.25) is 9.59 Å². The minimum atomic E-state index is -0.342. The molecule has 0 fully saturated rings. The van der Waals surface area contributed by atoms with Crippen molar-refractivity contribution in [1.82, 2.24) is 15.2 Å². The van der Waals surface area contributed by atoms with Gasteiger partial charge in [0.25, 0.3) is 5.91 Å². The normalized spacial score (nSPS) is 10.1. The van der Waals surface area contributed by atoms with Crippen LogP contribution < -0.4 is 5.32 Å². The lowest BCUT2D eigenvalue weighted by molar-refractivity contribution is -0.121. The molecule has 0 bridgehead atoms. The predicted octanol–water partition coefficient (Wildman–Crippen LogP) is 2.10. The van der Waals surface area contributed by atoms with E-state index in [1.54, 1.807) is 13.1 Å². The molecule has 0 radical (unpaired) electrons. The molecule has 1 rings (SSSR count). The van der Waals surface area contributed by atoms with E-state index in [1.807, 2.05) is 6.92 Å². The Kier molecular flexibility index (Phi) is 6.24. The lowest BCUT2D eigenvalue weighted by Crippen LogP contribution is -2.38. The Bertz CT molecular complexity index is 482. The van der Waals surface area contributed by atoms with E-state index in [0.29, 0.717) is 11.0 Å². The average molecular weight is 349 g/mol. The predicted molar refractivity (Wildman–Crippen MR) is 77.2 cm³/mol. The summed E-state index contributed by atoms with van der Waals surface area (Å²) in [7, 11) is 1.55. The summed E-state index contributed by atoms with van der Waals surface area (Å²) in [6, 6.07) is 1.58. The molecule has 19 heavy (non-hydrogen) atoms. The Labute approximate surface area is 125 Å². The van der Waals surface area contributed by atoms with Crippen molar-refractivity contribution < 1.29 is 9.59 Å². The van der Waals surface area contributed by atoms with Gasteiger partial charge in [0.1, 0.15) is 5.15 Å². The van der Waals surface area contributed by atoms with Gasteiger partial charge < -0.3 is 10.2 Å². The molecule has 7 heteroatoms. The van der Waals surface area contributed by atoms with Crippen LogP contribution in [0, 0.1) is 0 Å². The second-order valence-electron chi connectivity index (χ2n) is 4.00. The summed E-state index contributed by atoms with van der Waals surface area (Å²) in [5.41, 5.74) is 0.266. The van der Waals surface area contributed by atoms with Crippen LogP contribution in [0.15, 0.2) is 16.7 Å². The van der Waals surface area contributed by atoms with E-state index in [2.05, 4.69) is 26.2 Å². The Morgan fingerprint density at radius 3 is 2.84 bits per heavy atom. The molecular weight excluding hydrogens is 334 g/mol.